The zero-order valence-electron chi connectivity index (χ0n) is 34.8. The maximum Gasteiger partial charge on any atom is 0.146 e. The molecule has 0 radical (unpaired) electrons. The Balaban J connectivity index is 0.950. The summed E-state index contributed by atoms with van der Waals surface area (Å²) in [4.78, 5) is 5.53. The first-order chi connectivity index (χ1) is 31.7. The van der Waals surface area contributed by atoms with Gasteiger partial charge >= 0.3 is 0 Å². The molecule has 3 heteroatoms. The lowest BCUT2D eigenvalue weighted by Gasteiger charge is -2.31. The van der Waals surface area contributed by atoms with Crippen LogP contribution in [-0.2, 0) is 5.41 Å². The van der Waals surface area contributed by atoms with E-state index in [4.69, 9.17) is 4.99 Å². The summed E-state index contributed by atoms with van der Waals surface area (Å²) in [6.07, 6.45) is 1.90. The second-order valence-electron chi connectivity index (χ2n) is 17.4. The van der Waals surface area contributed by atoms with Gasteiger partial charge in [-0.1, -0.05) is 188 Å². The Labute approximate surface area is 370 Å². The molecule has 1 aliphatic heterocycles. The standard InChI is InChI=1S/C61H39N3/c1-2-16-38(17-3-1)55-37-56(41-30-31-46-45-23-10-14-28-53(45)61(54(46)35-41)51-26-12-8-21-43(51)44-22-9-13-27-52(44)61)63-60(62-55)49-32-33-58(47-24-7-6-20-42(47)49)64-57-29-15-11-25-48(57)50-34-39-18-4-5-19-40(39)36-59(50)64/h1-37,60,63H. The SMILES string of the molecule is C1=C(c2ccc3c(c2)C2(c4ccccc4-c4ccccc42)c2ccccc2-3)NC(c2ccc(-n3c4ccccc4c4cc5ccccc5cc43)c3ccccc23)N=C1c1ccccc1. The van der Waals surface area contributed by atoms with Crippen LogP contribution in [0, 0.1) is 0 Å². The molecular weight excluding hydrogens is 775 g/mol. The number of nitrogens with one attached hydrogen (secondary N) is 1. The number of nitrogens with zero attached hydrogens (tertiary/aromatic N) is 2. The lowest BCUT2D eigenvalue weighted by molar-refractivity contribution is 0.669. The molecule has 0 amide bonds. The minimum atomic E-state index is -0.425. The van der Waals surface area contributed by atoms with Gasteiger partial charge in [0.05, 0.1) is 27.8 Å². The highest BCUT2D eigenvalue weighted by atomic mass is 15.1. The van der Waals surface area contributed by atoms with Gasteiger partial charge in [0.2, 0.25) is 0 Å². The molecule has 11 aromatic rings. The van der Waals surface area contributed by atoms with Crippen molar-refractivity contribution >= 4 is 54.8 Å². The Morgan fingerprint density at radius 1 is 0.406 bits per heavy atom. The van der Waals surface area contributed by atoms with Gasteiger partial charge in [-0.25, -0.2) is 0 Å². The molecule has 0 saturated carbocycles. The predicted molar refractivity (Wildman–Crippen MR) is 265 cm³/mol. The van der Waals surface area contributed by atoms with Gasteiger partial charge in [-0.05, 0) is 108 Å². The van der Waals surface area contributed by atoms with E-state index in [1.165, 1.54) is 87.9 Å². The Morgan fingerprint density at radius 3 is 1.70 bits per heavy atom. The van der Waals surface area contributed by atoms with Crippen LogP contribution in [0.4, 0.5) is 0 Å². The highest BCUT2D eigenvalue weighted by molar-refractivity contribution is 6.15. The third-order valence-corrected chi connectivity index (χ3v) is 14.2. The number of fused-ring (bicyclic) bond motifs is 15. The van der Waals surface area contributed by atoms with E-state index in [1.54, 1.807) is 0 Å². The maximum absolute atomic E-state index is 5.53. The number of hydrogen-bond donors (Lipinski definition) is 1. The van der Waals surface area contributed by atoms with Gasteiger partial charge in [-0.2, -0.15) is 0 Å². The molecular formula is C61H39N3. The molecule has 1 spiro atoms. The minimum Gasteiger partial charge on any atom is -0.359 e. The fourth-order valence-electron chi connectivity index (χ4n) is 11.5. The summed E-state index contributed by atoms with van der Waals surface area (Å²) < 4.78 is 2.46. The number of allylic oxidation sites excluding steroid dienone is 1. The molecule has 3 aliphatic rings. The van der Waals surface area contributed by atoms with Crippen LogP contribution in [0.25, 0.3) is 77.0 Å². The van der Waals surface area contributed by atoms with Crippen molar-refractivity contribution in [2.75, 3.05) is 0 Å². The predicted octanol–water partition coefficient (Wildman–Crippen LogP) is 14.6. The van der Waals surface area contributed by atoms with Crippen LogP contribution in [0.3, 0.4) is 0 Å². The molecule has 1 N–H and O–H groups in total. The van der Waals surface area contributed by atoms with Crippen molar-refractivity contribution < 1.29 is 0 Å². The molecule has 1 unspecified atom stereocenters. The summed E-state index contributed by atoms with van der Waals surface area (Å²) in [6.45, 7) is 0. The number of benzene rings is 10. The van der Waals surface area contributed by atoms with Crippen LogP contribution >= 0.6 is 0 Å². The second-order valence-corrected chi connectivity index (χ2v) is 17.4. The van der Waals surface area contributed by atoms with Crippen molar-refractivity contribution in [2.24, 2.45) is 4.99 Å². The fourth-order valence-corrected chi connectivity index (χ4v) is 11.5. The maximum atomic E-state index is 5.53. The zero-order valence-corrected chi connectivity index (χ0v) is 34.8. The average molecular weight is 814 g/mol. The topological polar surface area (TPSA) is 29.3 Å². The van der Waals surface area contributed by atoms with Crippen LogP contribution in [0.5, 0.6) is 0 Å². The van der Waals surface area contributed by atoms with E-state index < -0.39 is 5.41 Å². The van der Waals surface area contributed by atoms with Crippen LogP contribution in [0.1, 0.15) is 45.1 Å². The summed E-state index contributed by atoms with van der Waals surface area (Å²) in [5.41, 5.74) is 19.1. The van der Waals surface area contributed by atoms with Crippen molar-refractivity contribution in [3.05, 3.63) is 263 Å². The highest BCUT2D eigenvalue weighted by Crippen LogP contribution is 2.63. The molecule has 14 rings (SSSR count). The Hall–Kier alpha value is -8.27. The first kappa shape index (κ1) is 35.3. The largest absolute Gasteiger partial charge is 0.359 e. The molecule has 2 aliphatic carbocycles. The molecule has 1 atom stereocenters. The molecule has 64 heavy (non-hydrogen) atoms. The Kier molecular flexibility index (Phi) is 7.38. The molecule has 2 heterocycles. The molecule has 0 bridgehead atoms. The summed E-state index contributed by atoms with van der Waals surface area (Å²) in [7, 11) is 0. The third kappa shape index (κ3) is 4.84. The number of para-hydroxylation sites is 1. The van der Waals surface area contributed by atoms with E-state index in [-0.39, 0.29) is 6.17 Å². The van der Waals surface area contributed by atoms with Crippen molar-refractivity contribution in [3.8, 4) is 27.9 Å². The first-order valence-electron chi connectivity index (χ1n) is 22.2. The highest BCUT2D eigenvalue weighted by Gasteiger charge is 2.51. The normalized spacial score (nSPS) is 15.5. The quantitative estimate of drug-likeness (QED) is 0.188. The number of rotatable bonds is 4. The second kappa shape index (κ2) is 13.4. The van der Waals surface area contributed by atoms with Gasteiger partial charge in [-0.3, -0.25) is 4.99 Å². The molecule has 298 valence electrons. The summed E-state index contributed by atoms with van der Waals surface area (Å²) in [6, 6.07) is 80.5. The van der Waals surface area contributed by atoms with E-state index in [2.05, 4.69) is 234 Å². The van der Waals surface area contributed by atoms with Gasteiger partial charge < -0.3 is 9.88 Å². The molecule has 0 saturated heterocycles. The summed E-state index contributed by atoms with van der Waals surface area (Å²) in [5.74, 6) is 0. The van der Waals surface area contributed by atoms with E-state index >= 15 is 0 Å². The zero-order chi connectivity index (χ0) is 41.9. The molecule has 0 fully saturated rings. The monoisotopic (exact) mass is 813 g/mol. The van der Waals surface area contributed by atoms with Crippen molar-refractivity contribution in [1.82, 2.24) is 9.88 Å². The fraction of sp³-hybridized carbons (Fsp3) is 0.0328. The molecule has 3 nitrogen and oxygen atoms in total. The van der Waals surface area contributed by atoms with E-state index in [0.29, 0.717) is 0 Å². The summed E-state index contributed by atoms with van der Waals surface area (Å²) in [5, 5.41) is 11.3. The lowest BCUT2D eigenvalue weighted by Crippen LogP contribution is -2.27. The number of aliphatic imine (C=N–C) groups is 1. The van der Waals surface area contributed by atoms with E-state index in [1.807, 2.05) is 0 Å². The number of aromatic nitrogens is 1. The van der Waals surface area contributed by atoms with Gasteiger partial charge in [0, 0.05) is 27.4 Å². The third-order valence-electron chi connectivity index (χ3n) is 14.2. The van der Waals surface area contributed by atoms with Crippen molar-refractivity contribution in [3.63, 3.8) is 0 Å². The Bertz CT molecular complexity index is 3770. The number of hydrogen-bond acceptors (Lipinski definition) is 2. The first-order valence-corrected chi connectivity index (χ1v) is 22.2. The van der Waals surface area contributed by atoms with Crippen molar-refractivity contribution in [1.29, 1.82) is 0 Å². The minimum absolute atomic E-state index is 0.344. The van der Waals surface area contributed by atoms with Crippen LogP contribution < -0.4 is 5.32 Å². The van der Waals surface area contributed by atoms with E-state index in [9.17, 15) is 0 Å². The average Bonchev–Trinajstić information content (AvgIpc) is 3.96. The van der Waals surface area contributed by atoms with Crippen LogP contribution in [0.2, 0.25) is 0 Å². The van der Waals surface area contributed by atoms with Crippen molar-refractivity contribution in [2.45, 2.75) is 11.6 Å². The molecule has 1 aromatic heterocycles. The molecule has 10 aromatic carbocycles. The van der Waals surface area contributed by atoms with Gasteiger partial charge in [-0.15, -0.1) is 0 Å². The Morgan fingerprint density at radius 2 is 0.984 bits per heavy atom. The summed E-state index contributed by atoms with van der Waals surface area (Å²) >= 11 is 0. The van der Waals surface area contributed by atoms with E-state index in [0.717, 1.165) is 33.8 Å². The lowest BCUT2D eigenvalue weighted by atomic mass is 9.70. The van der Waals surface area contributed by atoms with Gasteiger partial charge in [0.25, 0.3) is 0 Å². The van der Waals surface area contributed by atoms with Crippen LogP contribution in [0.15, 0.2) is 229 Å². The van der Waals surface area contributed by atoms with Crippen LogP contribution in [-0.4, -0.2) is 10.3 Å². The smallest absolute Gasteiger partial charge is 0.146 e. The van der Waals surface area contributed by atoms with Gasteiger partial charge in [0.1, 0.15) is 6.17 Å². The van der Waals surface area contributed by atoms with Gasteiger partial charge in [0.15, 0.2) is 0 Å².